The minimum absolute atomic E-state index is 0.886. The van der Waals surface area contributed by atoms with Gasteiger partial charge in [-0.15, -0.1) is 0 Å². The molecule has 0 spiro atoms. The molecule has 51 heavy (non-hydrogen) atoms. The van der Waals surface area contributed by atoms with Crippen molar-refractivity contribution in [3.8, 4) is 67.0 Å². The lowest BCUT2D eigenvalue weighted by molar-refractivity contribution is 0.631. The summed E-state index contributed by atoms with van der Waals surface area (Å²) in [5.74, 6) is 0.886. The first kappa shape index (κ1) is 28.2. The number of hydrogen-bond donors (Lipinski definition) is 0. The summed E-state index contributed by atoms with van der Waals surface area (Å²) < 4.78 is 6.32. The molecule has 236 valence electrons. The Labute approximate surface area is 295 Å². The summed E-state index contributed by atoms with van der Waals surface area (Å²) in [5, 5.41) is 8.66. The van der Waals surface area contributed by atoms with Crippen LogP contribution in [0.1, 0.15) is 0 Å². The number of fused-ring (bicyclic) bond motifs is 8. The van der Waals surface area contributed by atoms with Gasteiger partial charge in [-0.25, -0.2) is 0 Å². The molecule has 1 aromatic heterocycles. The average molecular weight is 647 g/mol. The van der Waals surface area contributed by atoms with Crippen LogP contribution in [0.2, 0.25) is 0 Å². The van der Waals surface area contributed by atoms with Crippen LogP contribution in [0.15, 0.2) is 186 Å². The molecule has 9 aromatic carbocycles. The zero-order valence-corrected chi connectivity index (χ0v) is 27.7. The zero-order chi connectivity index (χ0) is 33.5. The summed E-state index contributed by atoms with van der Waals surface area (Å²) in [6.07, 6.45) is 0. The molecule has 0 N–H and O–H groups in total. The quantitative estimate of drug-likeness (QED) is 0.174. The summed E-state index contributed by atoms with van der Waals surface area (Å²) in [6, 6.07) is 66.3. The maximum atomic E-state index is 6.32. The van der Waals surface area contributed by atoms with Crippen LogP contribution in [0, 0.1) is 0 Å². The van der Waals surface area contributed by atoms with Crippen LogP contribution in [0.4, 0.5) is 0 Å². The lowest BCUT2D eigenvalue weighted by atomic mass is 9.83. The van der Waals surface area contributed by atoms with E-state index in [-0.39, 0.29) is 0 Å². The smallest absolute Gasteiger partial charge is 0.135 e. The second-order valence-corrected chi connectivity index (χ2v) is 13.6. The Morgan fingerprint density at radius 3 is 1.43 bits per heavy atom. The van der Waals surface area contributed by atoms with Crippen molar-refractivity contribution in [3.05, 3.63) is 182 Å². The van der Waals surface area contributed by atoms with Crippen LogP contribution in [-0.2, 0) is 0 Å². The Morgan fingerprint density at radius 1 is 0.294 bits per heavy atom. The van der Waals surface area contributed by atoms with E-state index in [1.807, 2.05) is 6.07 Å². The molecular formula is C50H30O. The van der Waals surface area contributed by atoms with E-state index in [0.717, 1.165) is 22.3 Å². The van der Waals surface area contributed by atoms with E-state index < -0.39 is 0 Å². The van der Waals surface area contributed by atoms with Gasteiger partial charge in [-0.2, -0.15) is 0 Å². The fraction of sp³-hybridized carbons (Fsp3) is 0. The van der Waals surface area contributed by atoms with Gasteiger partial charge in [-0.1, -0.05) is 164 Å². The van der Waals surface area contributed by atoms with E-state index in [9.17, 15) is 0 Å². The number of benzene rings is 9. The molecule has 0 fully saturated rings. The topological polar surface area (TPSA) is 13.1 Å². The van der Waals surface area contributed by atoms with Crippen molar-refractivity contribution in [1.82, 2.24) is 0 Å². The first-order valence-electron chi connectivity index (χ1n) is 17.6. The molecule has 0 bridgehead atoms. The average Bonchev–Trinajstić information content (AvgIpc) is 3.59. The Bertz CT molecular complexity index is 2910. The van der Waals surface area contributed by atoms with Crippen LogP contribution >= 0.6 is 0 Å². The number of furan rings is 1. The van der Waals surface area contributed by atoms with E-state index in [0.29, 0.717) is 0 Å². The highest BCUT2D eigenvalue weighted by molar-refractivity contribution is 6.26. The predicted molar refractivity (Wildman–Crippen MR) is 215 cm³/mol. The Morgan fingerprint density at radius 2 is 0.784 bits per heavy atom. The summed E-state index contributed by atoms with van der Waals surface area (Å²) in [4.78, 5) is 0. The first-order chi connectivity index (χ1) is 25.3. The monoisotopic (exact) mass is 646 g/mol. The highest BCUT2D eigenvalue weighted by Gasteiger charge is 2.24. The van der Waals surface area contributed by atoms with Gasteiger partial charge in [0.15, 0.2) is 0 Å². The van der Waals surface area contributed by atoms with E-state index >= 15 is 0 Å². The van der Waals surface area contributed by atoms with Crippen molar-refractivity contribution in [1.29, 1.82) is 0 Å². The van der Waals surface area contributed by atoms with Gasteiger partial charge in [0.1, 0.15) is 11.3 Å². The van der Waals surface area contributed by atoms with Crippen molar-refractivity contribution < 1.29 is 4.42 Å². The summed E-state index contributed by atoms with van der Waals surface area (Å²) >= 11 is 0. The predicted octanol–water partition coefficient (Wildman–Crippen LogP) is 14.2. The molecule has 11 rings (SSSR count). The zero-order valence-electron chi connectivity index (χ0n) is 27.7. The molecule has 0 aliphatic heterocycles. The van der Waals surface area contributed by atoms with Crippen molar-refractivity contribution in [2.45, 2.75) is 0 Å². The third-order valence-electron chi connectivity index (χ3n) is 10.8. The lowest BCUT2D eigenvalue weighted by Crippen LogP contribution is -1.93. The molecule has 0 amide bonds. The Hall–Kier alpha value is -6.70. The fourth-order valence-corrected chi connectivity index (χ4v) is 8.65. The molecule has 1 aliphatic carbocycles. The molecule has 1 heterocycles. The largest absolute Gasteiger partial charge is 0.456 e. The minimum Gasteiger partial charge on any atom is -0.456 e. The van der Waals surface area contributed by atoms with Crippen molar-refractivity contribution >= 4 is 43.3 Å². The lowest BCUT2D eigenvalue weighted by Gasteiger charge is -2.20. The van der Waals surface area contributed by atoms with Crippen LogP contribution in [-0.4, -0.2) is 0 Å². The number of hydrogen-bond acceptors (Lipinski definition) is 1. The van der Waals surface area contributed by atoms with Crippen molar-refractivity contribution in [2.24, 2.45) is 0 Å². The molecule has 1 heteroatoms. The summed E-state index contributed by atoms with van der Waals surface area (Å²) in [7, 11) is 0. The van der Waals surface area contributed by atoms with Gasteiger partial charge in [0, 0.05) is 10.9 Å². The first-order valence-corrected chi connectivity index (χ1v) is 17.6. The molecule has 10 aromatic rings. The molecule has 0 saturated carbocycles. The highest BCUT2D eigenvalue weighted by Crippen LogP contribution is 2.51. The van der Waals surface area contributed by atoms with Gasteiger partial charge >= 0.3 is 0 Å². The van der Waals surface area contributed by atoms with Crippen LogP contribution in [0.5, 0.6) is 0 Å². The molecule has 0 unspecified atom stereocenters. The standard InChI is InChI=1S/C50H30O/c1-2-13-31(14-3-1)47-30-33-29-32(25-28-46(33)51-47)48-39-19-8-10-21-41(39)50(42-22-11-9-20-40(42)48)45-27-26-44-37-18-7-5-16-35(37)34-15-4-6-17-36(34)38-23-12-24-43(45)49(38)44/h1-30H. The van der Waals surface area contributed by atoms with Gasteiger partial charge < -0.3 is 4.42 Å². The Kier molecular flexibility index (Phi) is 6.02. The van der Waals surface area contributed by atoms with Crippen LogP contribution in [0.25, 0.3) is 110 Å². The van der Waals surface area contributed by atoms with Crippen molar-refractivity contribution in [3.63, 3.8) is 0 Å². The molecule has 0 saturated heterocycles. The molecule has 0 atom stereocenters. The summed E-state index contributed by atoms with van der Waals surface area (Å²) in [5.41, 5.74) is 14.6. The van der Waals surface area contributed by atoms with Gasteiger partial charge in [-0.3, -0.25) is 0 Å². The van der Waals surface area contributed by atoms with E-state index in [1.165, 1.54) is 88.0 Å². The highest BCUT2D eigenvalue weighted by atomic mass is 16.3. The second-order valence-electron chi connectivity index (χ2n) is 13.6. The van der Waals surface area contributed by atoms with E-state index in [1.54, 1.807) is 0 Å². The SMILES string of the molecule is c1ccc(-c2cc3cc(-c4c5ccccc5c(-c5ccc6c7c(cccc57)-c5ccccc5-c5ccccc5-6)c5ccccc45)ccc3o2)cc1. The van der Waals surface area contributed by atoms with Crippen LogP contribution in [0.3, 0.4) is 0 Å². The van der Waals surface area contributed by atoms with E-state index in [2.05, 4.69) is 176 Å². The molecule has 0 radical (unpaired) electrons. The maximum absolute atomic E-state index is 6.32. The molecule has 1 aliphatic rings. The maximum Gasteiger partial charge on any atom is 0.135 e. The van der Waals surface area contributed by atoms with Crippen molar-refractivity contribution in [2.75, 3.05) is 0 Å². The van der Waals surface area contributed by atoms with E-state index in [4.69, 9.17) is 4.42 Å². The normalized spacial score (nSPS) is 11.9. The van der Waals surface area contributed by atoms with Gasteiger partial charge in [0.25, 0.3) is 0 Å². The number of rotatable bonds is 3. The Balaban J connectivity index is 1.20. The molecular weight excluding hydrogens is 617 g/mol. The van der Waals surface area contributed by atoms with Gasteiger partial charge in [0.05, 0.1) is 0 Å². The third kappa shape index (κ3) is 4.16. The van der Waals surface area contributed by atoms with Gasteiger partial charge in [-0.05, 0) is 106 Å². The van der Waals surface area contributed by atoms with Crippen LogP contribution < -0.4 is 0 Å². The second kappa shape index (κ2) is 10.9. The minimum atomic E-state index is 0.886. The fourth-order valence-electron chi connectivity index (χ4n) is 8.65. The summed E-state index contributed by atoms with van der Waals surface area (Å²) in [6.45, 7) is 0. The van der Waals surface area contributed by atoms with Gasteiger partial charge in [0.2, 0.25) is 0 Å². The molecule has 1 nitrogen and oxygen atoms in total. The third-order valence-corrected chi connectivity index (χ3v) is 10.8.